The summed E-state index contributed by atoms with van der Waals surface area (Å²) in [4.78, 5) is 12.9. The third-order valence-corrected chi connectivity index (χ3v) is 4.35. The Morgan fingerprint density at radius 3 is 1.52 bits per heavy atom. The van der Waals surface area contributed by atoms with Crippen molar-refractivity contribution in [3.63, 3.8) is 0 Å². The van der Waals surface area contributed by atoms with Gasteiger partial charge in [0.15, 0.2) is 0 Å². The Bertz CT molecular complexity index is 743. The summed E-state index contributed by atoms with van der Waals surface area (Å²) in [5, 5.41) is 0. The van der Waals surface area contributed by atoms with Crippen LogP contribution in [0.5, 0.6) is 0 Å². The first-order valence-corrected chi connectivity index (χ1v) is 8.62. The zero-order chi connectivity index (χ0) is 17.5. The Balaban J connectivity index is 2.14. The van der Waals surface area contributed by atoms with Gasteiger partial charge >= 0.3 is 5.97 Å². The lowest BCUT2D eigenvalue weighted by Crippen LogP contribution is -2.24. The molecule has 25 heavy (non-hydrogen) atoms. The van der Waals surface area contributed by atoms with Crippen molar-refractivity contribution in [2.75, 3.05) is 6.61 Å². The van der Waals surface area contributed by atoms with Gasteiger partial charge in [-0.25, -0.2) is 0 Å². The van der Waals surface area contributed by atoms with Gasteiger partial charge in [0.2, 0.25) is 0 Å². The maximum atomic E-state index is 12.9. The molecule has 3 aromatic carbocycles. The number of carbonyl (C=O) groups excluding carboxylic acids is 1. The van der Waals surface area contributed by atoms with Gasteiger partial charge in [0, 0.05) is 5.92 Å². The second-order valence-electron chi connectivity index (χ2n) is 5.94. The van der Waals surface area contributed by atoms with Crippen LogP contribution in [0.15, 0.2) is 91.0 Å². The van der Waals surface area contributed by atoms with Crippen molar-refractivity contribution in [2.24, 2.45) is 0 Å². The Morgan fingerprint density at radius 2 is 1.12 bits per heavy atom. The molecule has 0 amide bonds. The molecule has 0 radical (unpaired) electrons. The third kappa shape index (κ3) is 3.97. The van der Waals surface area contributed by atoms with Crippen LogP contribution in [-0.4, -0.2) is 12.6 Å². The van der Waals surface area contributed by atoms with Gasteiger partial charge in [-0.1, -0.05) is 91.0 Å². The number of ether oxygens (including phenoxy) is 1. The van der Waals surface area contributed by atoms with Crippen LogP contribution in [0.25, 0.3) is 0 Å². The highest BCUT2D eigenvalue weighted by molar-refractivity contribution is 5.80. The SMILES string of the molecule is CCOC(=O)[C@H](c1ccccc1)C(c1ccccc1)c1ccccc1. The summed E-state index contributed by atoms with van der Waals surface area (Å²) in [7, 11) is 0. The molecule has 2 nitrogen and oxygen atoms in total. The third-order valence-electron chi connectivity index (χ3n) is 4.35. The molecule has 0 aliphatic carbocycles. The maximum Gasteiger partial charge on any atom is 0.314 e. The van der Waals surface area contributed by atoms with Crippen molar-refractivity contribution in [1.29, 1.82) is 0 Å². The standard InChI is InChI=1S/C23H22O2/c1-2-25-23(24)22(20-16-10-5-11-17-20)21(18-12-6-3-7-13-18)19-14-8-4-9-15-19/h3-17,21-22H,2H2,1H3/t22-/m1/s1. The first-order valence-electron chi connectivity index (χ1n) is 8.62. The van der Waals surface area contributed by atoms with Crippen molar-refractivity contribution in [2.45, 2.75) is 18.8 Å². The Labute approximate surface area is 149 Å². The zero-order valence-corrected chi connectivity index (χ0v) is 14.3. The van der Waals surface area contributed by atoms with Crippen LogP contribution in [0, 0.1) is 0 Å². The summed E-state index contributed by atoms with van der Waals surface area (Å²) in [5.74, 6) is -0.666. The molecule has 126 valence electrons. The normalized spacial score (nSPS) is 11.9. The highest BCUT2D eigenvalue weighted by Gasteiger charge is 2.33. The lowest BCUT2D eigenvalue weighted by Gasteiger charge is -2.27. The van der Waals surface area contributed by atoms with Gasteiger partial charge in [0.05, 0.1) is 12.5 Å². The zero-order valence-electron chi connectivity index (χ0n) is 14.3. The summed E-state index contributed by atoms with van der Waals surface area (Å²) >= 11 is 0. The van der Waals surface area contributed by atoms with Crippen LogP contribution < -0.4 is 0 Å². The molecule has 0 bridgehead atoms. The van der Waals surface area contributed by atoms with Gasteiger partial charge in [-0.05, 0) is 23.6 Å². The fraction of sp³-hybridized carbons (Fsp3) is 0.174. The molecule has 0 saturated carbocycles. The van der Waals surface area contributed by atoms with E-state index in [-0.39, 0.29) is 17.8 Å². The van der Waals surface area contributed by atoms with Crippen LogP contribution in [0.1, 0.15) is 35.4 Å². The molecular weight excluding hydrogens is 308 g/mol. The van der Waals surface area contributed by atoms with E-state index in [2.05, 4.69) is 24.3 Å². The minimum Gasteiger partial charge on any atom is -0.465 e. The van der Waals surface area contributed by atoms with E-state index < -0.39 is 0 Å². The lowest BCUT2D eigenvalue weighted by atomic mass is 9.77. The number of esters is 1. The molecule has 0 aliphatic rings. The molecule has 0 aliphatic heterocycles. The largest absolute Gasteiger partial charge is 0.465 e. The van der Waals surface area contributed by atoms with Crippen molar-refractivity contribution >= 4 is 5.97 Å². The quantitative estimate of drug-likeness (QED) is 0.583. The van der Waals surface area contributed by atoms with Crippen LogP contribution in [-0.2, 0) is 9.53 Å². The van der Waals surface area contributed by atoms with Crippen LogP contribution in [0.3, 0.4) is 0 Å². The predicted molar refractivity (Wildman–Crippen MR) is 101 cm³/mol. The highest BCUT2D eigenvalue weighted by Crippen LogP contribution is 2.39. The summed E-state index contributed by atoms with van der Waals surface area (Å²) < 4.78 is 5.44. The Kier molecular flexibility index (Phi) is 5.63. The molecule has 0 aromatic heterocycles. The van der Waals surface area contributed by atoms with Gasteiger partial charge in [-0.15, -0.1) is 0 Å². The number of benzene rings is 3. The minimum absolute atomic E-state index is 0.0937. The van der Waals surface area contributed by atoms with Crippen LogP contribution in [0.4, 0.5) is 0 Å². The van der Waals surface area contributed by atoms with Gasteiger partial charge in [0.1, 0.15) is 0 Å². The number of rotatable bonds is 6. The van der Waals surface area contributed by atoms with E-state index in [1.165, 1.54) is 0 Å². The fourth-order valence-corrected chi connectivity index (χ4v) is 3.26. The fourth-order valence-electron chi connectivity index (χ4n) is 3.26. The molecule has 0 fully saturated rings. The van der Waals surface area contributed by atoms with E-state index in [9.17, 15) is 4.79 Å². The van der Waals surface area contributed by atoms with Crippen LogP contribution in [0.2, 0.25) is 0 Å². The van der Waals surface area contributed by atoms with E-state index in [4.69, 9.17) is 4.74 Å². The maximum absolute atomic E-state index is 12.9. The van der Waals surface area contributed by atoms with E-state index >= 15 is 0 Å². The molecule has 0 heterocycles. The first-order chi connectivity index (χ1) is 12.3. The summed E-state index contributed by atoms with van der Waals surface area (Å²) in [6, 6.07) is 30.2. The van der Waals surface area contributed by atoms with E-state index in [0.717, 1.165) is 16.7 Å². The monoisotopic (exact) mass is 330 g/mol. The average molecular weight is 330 g/mol. The average Bonchev–Trinajstić information content (AvgIpc) is 2.68. The topological polar surface area (TPSA) is 26.3 Å². The van der Waals surface area contributed by atoms with Gasteiger partial charge in [0.25, 0.3) is 0 Å². The van der Waals surface area contributed by atoms with E-state index in [1.54, 1.807) is 0 Å². The minimum atomic E-state index is -0.383. The smallest absolute Gasteiger partial charge is 0.314 e. The number of hydrogen-bond acceptors (Lipinski definition) is 2. The Hall–Kier alpha value is -2.87. The summed E-state index contributed by atoms with van der Waals surface area (Å²) in [6.45, 7) is 2.22. The lowest BCUT2D eigenvalue weighted by molar-refractivity contribution is -0.145. The van der Waals surface area contributed by atoms with Gasteiger partial charge < -0.3 is 4.74 Å². The second kappa shape index (κ2) is 8.29. The van der Waals surface area contributed by atoms with Gasteiger partial charge in [-0.3, -0.25) is 4.79 Å². The molecular formula is C23H22O2. The molecule has 3 rings (SSSR count). The van der Waals surface area contributed by atoms with Crippen molar-refractivity contribution in [1.82, 2.24) is 0 Å². The van der Waals surface area contributed by atoms with Crippen molar-refractivity contribution < 1.29 is 9.53 Å². The number of carbonyl (C=O) groups is 1. The Morgan fingerprint density at radius 1 is 0.720 bits per heavy atom. The predicted octanol–water partition coefficient (Wildman–Crippen LogP) is 5.17. The number of hydrogen-bond donors (Lipinski definition) is 0. The second-order valence-corrected chi connectivity index (χ2v) is 5.94. The molecule has 3 aromatic rings. The molecule has 0 N–H and O–H groups in total. The summed E-state index contributed by atoms with van der Waals surface area (Å²) in [5.41, 5.74) is 3.19. The molecule has 0 saturated heterocycles. The van der Waals surface area contributed by atoms with Crippen molar-refractivity contribution in [3.8, 4) is 0 Å². The molecule has 0 spiro atoms. The first kappa shape index (κ1) is 17.0. The summed E-state index contributed by atoms with van der Waals surface area (Å²) in [6.07, 6.45) is 0. The molecule has 2 heteroatoms. The van der Waals surface area contributed by atoms with Crippen LogP contribution >= 0.6 is 0 Å². The van der Waals surface area contributed by atoms with Crippen molar-refractivity contribution in [3.05, 3.63) is 108 Å². The molecule has 1 atom stereocenters. The van der Waals surface area contributed by atoms with Gasteiger partial charge in [-0.2, -0.15) is 0 Å². The highest BCUT2D eigenvalue weighted by atomic mass is 16.5. The molecule has 0 unspecified atom stereocenters. The van der Waals surface area contributed by atoms with E-state index in [1.807, 2.05) is 73.7 Å². The van der Waals surface area contributed by atoms with E-state index in [0.29, 0.717) is 6.61 Å².